The van der Waals surface area contributed by atoms with Gasteiger partial charge in [0.05, 0.1) is 19.8 Å². The van der Waals surface area contributed by atoms with Crippen LogP contribution in [-0.2, 0) is 28.6 Å². The fourth-order valence-electron chi connectivity index (χ4n) is 1.73. The SMILES string of the molecule is C=CC(=O)OCC.C=CC(=O)OCC(CC)CCCC.C=CC(=O)OCCCC. The molecule has 0 N–H and O–H groups in total. The van der Waals surface area contributed by atoms with Crippen molar-refractivity contribution in [3.05, 3.63) is 38.0 Å². The van der Waals surface area contributed by atoms with Crippen LogP contribution in [0.2, 0.25) is 0 Å². The number of esters is 3. The second-order valence-electron chi connectivity index (χ2n) is 5.93. The first-order valence-electron chi connectivity index (χ1n) is 10.2. The molecule has 0 saturated heterocycles. The van der Waals surface area contributed by atoms with E-state index < -0.39 is 0 Å². The third-order valence-corrected chi connectivity index (χ3v) is 3.53. The maximum atomic E-state index is 10.8. The molecule has 0 rings (SSSR count). The summed E-state index contributed by atoms with van der Waals surface area (Å²) in [4.78, 5) is 31.2. The predicted molar refractivity (Wildman–Crippen MR) is 117 cm³/mol. The molecule has 0 aromatic carbocycles. The van der Waals surface area contributed by atoms with Crippen LogP contribution in [0.1, 0.15) is 66.2 Å². The summed E-state index contributed by atoms with van der Waals surface area (Å²) < 4.78 is 14.1. The van der Waals surface area contributed by atoms with E-state index in [-0.39, 0.29) is 17.9 Å². The molecule has 0 aliphatic carbocycles. The lowest BCUT2D eigenvalue weighted by atomic mass is 10.0. The van der Waals surface area contributed by atoms with Crippen LogP contribution >= 0.6 is 0 Å². The highest BCUT2D eigenvalue weighted by molar-refractivity contribution is 5.81. The Morgan fingerprint density at radius 3 is 1.62 bits per heavy atom. The van der Waals surface area contributed by atoms with E-state index in [1.54, 1.807) is 6.92 Å². The largest absolute Gasteiger partial charge is 0.463 e. The second kappa shape index (κ2) is 25.6. The van der Waals surface area contributed by atoms with Crippen molar-refractivity contribution in [3.63, 3.8) is 0 Å². The van der Waals surface area contributed by atoms with E-state index in [4.69, 9.17) is 4.74 Å². The Hall–Kier alpha value is -2.37. The van der Waals surface area contributed by atoms with Crippen molar-refractivity contribution < 1.29 is 28.6 Å². The van der Waals surface area contributed by atoms with Crippen LogP contribution in [0, 0.1) is 5.92 Å². The van der Waals surface area contributed by atoms with Gasteiger partial charge in [-0.05, 0) is 25.7 Å². The van der Waals surface area contributed by atoms with Crippen molar-refractivity contribution >= 4 is 17.9 Å². The minimum absolute atomic E-state index is 0.310. The van der Waals surface area contributed by atoms with Crippen LogP contribution in [0.5, 0.6) is 0 Å². The van der Waals surface area contributed by atoms with Crippen molar-refractivity contribution in [2.24, 2.45) is 5.92 Å². The van der Waals surface area contributed by atoms with Crippen molar-refractivity contribution in [2.75, 3.05) is 19.8 Å². The minimum atomic E-state index is -0.359. The zero-order valence-electron chi connectivity index (χ0n) is 18.7. The highest BCUT2D eigenvalue weighted by atomic mass is 16.5. The third-order valence-electron chi connectivity index (χ3n) is 3.53. The van der Waals surface area contributed by atoms with Crippen LogP contribution in [0.3, 0.4) is 0 Å². The first kappa shape index (κ1) is 31.3. The molecule has 168 valence electrons. The van der Waals surface area contributed by atoms with Crippen LogP contribution in [0.4, 0.5) is 0 Å². The lowest BCUT2D eigenvalue weighted by Crippen LogP contribution is -2.12. The van der Waals surface area contributed by atoms with E-state index in [0.29, 0.717) is 25.7 Å². The fourth-order valence-corrected chi connectivity index (χ4v) is 1.73. The van der Waals surface area contributed by atoms with E-state index in [1.807, 2.05) is 6.92 Å². The fraction of sp³-hybridized carbons (Fsp3) is 0.609. The van der Waals surface area contributed by atoms with Gasteiger partial charge in [-0.3, -0.25) is 0 Å². The average molecular weight is 413 g/mol. The Morgan fingerprint density at radius 2 is 1.24 bits per heavy atom. The third kappa shape index (κ3) is 27.9. The van der Waals surface area contributed by atoms with Crippen molar-refractivity contribution in [2.45, 2.75) is 66.2 Å². The molecule has 0 amide bonds. The molecule has 0 radical (unpaired) electrons. The number of hydrogen-bond donors (Lipinski definition) is 0. The molecule has 0 saturated carbocycles. The summed E-state index contributed by atoms with van der Waals surface area (Å²) in [6, 6.07) is 0. The molecule has 1 atom stereocenters. The molecule has 1 unspecified atom stereocenters. The number of unbranched alkanes of at least 4 members (excludes halogenated alkanes) is 2. The quantitative estimate of drug-likeness (QED) is 0.179. The van der Waals surface area contributed by atoms with Crippen LogP contribution < -0.4 is 0 Å². The van der Waals surface area contributed by atoms with E-state index >= 15 is 0 Å². The highest BCUT2D eigenvalue weighted by Gasteiger charge is 2.07. The molecular formula is C23H40O6. The summed E-state index contributed by atoms with van der Waals surface area (Å²) in [6.07, 6.45) is 10.1. The van der Waals surface area contributed by atoms with Gasteiger partial charge in [0.25, 0.3) is 0 Å². The summed E-state index contributed by atoms with van der Waals surface area (Å²) in [7, 11) is 0. The van der Waals surface area contributed by atoms with Gasteiger partial charge in [0.2, 0.25) is 0 Å². The van der Waals surface area contributed by atoms with E-state index in [9.17, 15) is 14.4 Å². The molecular weight excluding hydrogens is 372 g/mol. The number of ether oxygens (including phenoxy) is 3. The first-order valence-corrected chi connectivity index (χ1v) is 10.2. The molecule has 0 aromatic rings. The summed E-state index contributed by atoms with van der Waals surface area (Å²) in [5.41, 5.74) is 0. The van der Waals surface area contributed by atoms with Gasteiger partial charge in [-0.15, -0.1) is 0 Å². The number of rotatable bonds is 13. The van der Waals surface area contributed by atoms with Gasteiger partial charge in [0.15, 0.2) is 0 Å². The van der Waals surface area contributed by atoms with Crippen LogP contribution in [-0.4, -0.2) is 37.7 Å². The monoisotopic (exact) mass is 412 g/mol. The smallest absolute Gasteiger partial charge is 0.330 e. The molecule has 29 heavy (non-hydrogen) atoms. The predicted octanol–water partition coefficient (Wildman–Crippen LogP) is 5.18. The molecule has 0 aromatic heterocycles. The van der Waals surface area contributed by atoms with Gasteiger partial charge in [0.1, 0.15) is 0 Å². The maximum absolute atomic E-state index is 10.8. The highest BCUT2D eigenvalue weighted by Crippen LogP contribution is 2.12. The van der Waals surface area contributed by atoms with Gasteiger partial charge >= 0.3 is 17.9 Å². The second-order valence-corrected chi connectivity index (χ2v) is 5.93. The number of carbonyl (C=O) groups excluding carboxylic acids is 3. The van der Waals surface area contributed by atoms with Gasteiger partial charge in [-0.25, -0.2) is 14.4 Å². The zero-order valence-corrected chi connectivity index (χ0v) is 18.7. The Morgan fingerprint density at radius 1 is 0.759 bits per heavy atom. The molecule has 0 bridgehead atoms. The van der Waals surface area contributed by atoms with E-state index in [2.05, 4.69) is 43.1 Å². The Balaban J connectivity index is -0.000000370. The van der Waals surface area contributed by atoms with Crippen LogP contribution in [0.15, 0.2) is 38.0 Å². The standard InChI is InChI=1S/C11H20O2.C7H12O2.C5H8O2/c1-4-7-8-10(5-2)9-13-11(12)6-3;1-3-5-6-9-7(8)4-2;1-3-5(6)7-4-2/h6,10H,3-5,7-9H2,1-2H3;4H,2-3,5-6H2,1H3;3H,1,4H2,2H3. The van der Waals surface area contributed by atoms with E-state index in [0.717, 1.165) is 31.8 Å². The lowest BCUT2D eigenvalue weighted by molar-refractivity contribution is -0.139. The Bertz CT molecular complexity index is 456. The minimum Gasteiger partial charge on any atom is -0.463 e. The maximum Gasteiger partial charge on any atom is 0.330 e. The molecule has 0 aliphatic rings. The van der Waals surface area contributed by atoms with Crippen LogP contribution in [0.25, 0.3) is 0 Å². The van der Waals surface area contributed by atoms with Crippen molar-refractivity contribution in [1.29, 1.82) is 0 Å². The first-order chi connectivity index (χ1) is 13.9. The van der Waals surface area contributed by atoms with Gasteiger partial charge in [0, 0.05) is 18.2 Å². The Labute approximate surface area is 177 Å². The number of carbonyl (C=O) groups is 3. The zero-order chi connectivity index (χ0) is 22.9. The lowest BCUT2D eigenvalue weighted by Gasteiger charge is -2.13. The van der Waals surface area contributed by atoms with Crippen molar-refractivity contribution in [1.82, 2.24) is 0 Å². The molecule has 0 spiro atoms. The molecule has 0 aliphatic heterocycles. The van der Waals surface area contributed by atoms with Gasteiger partial charge in [-0.1, -0.05) is 66.2 Å². The van der Waals surface area contributed by atoms with Crippen molar-refractivity contribution in [3.8, 4) is 0 Å². The summed E-state index contributed by atoms with van der Waals surface area (Å²) in [5, 5.41) is 0. The average Bonchev–Trinajstić information content (AvgIpc) is 2.74. The van der Waals surface area contributed by atoms with Gasteiger partial charge < -0.3 is 14.2 Å². The summed E-state index contributed by atoms with van der Waals surface area (Å²) >= 11 is 0. The summed E-state index contributed by atoms with van der Waals surface area (Å²) in [5.74, 6) is -0.482. The molecule has 6 nitrogen and oxygen atoms in total. The topological polar surface area (TPSA) is 78.9 Å². The molecule has 6 heteroatoms. The normalized spacial score (nSPS) is 9.93. The van der Waals surface area contributed by atoms with E-state index in [1.165, 1.54) is 25.0 Å². The van der Waals surface area contributed by atoms with Gasteiger partial charge in [-0.2, -0.15) is 0 Å². The Kier molecular flexibility index (Phi) is 27.7. The number of hydrogen-bond acceptors (Lipinski definition) is 6. The molecule has 0 heterocycles. The summed E-state index contributed by atoms with van der Waals surface area (Å²) in [6.45, 7) is 19.4. The molecule has 0 fully saturated rings.